The van der Waals surface area contributed by atoms with Crippen molar-refractivity contribution in [3.63, 3.8) is 0 Å². The third kappa shape index (κ3) is 4.45. The van der Waals surface area contributed by atoms with Crippen LogP contribution in [0.2, 0.25) is 0 Å². The summed E-state index contributed by atoms with van der Waals surface area (Å²) in [5.74, 6) is -0.153. The Kier molecular flexibility index (Phi) is 5.55. The van der Waals surface area contributed by atoms with Gasteiger partial charge in [-0.1, -0.05) is 79.0 Å². The number of carbonyl (C=O) groups excluding carboxylic acids is 1. The van der Waals surface area contributed by atoms with Gasteiger partial charge in [-0.3, -0.25) is 4.79 Å². The maximum Gasteiger partial charge on any atom is 0.196 e. The van der Waals surface area contributed by atoms with E-state index in [0.717, 1.165) is 16.5 Å². The Morgan fingerprint density at radius 1 is 1.10 bits per heavy atom. The number of ketones is 1. The summed E-state index contributed by atoms with van der Waals surface area (Å²) < 4.78 is 0. The van der Waals surface area contributed by atoms with Crippen LogP contribution in [0.3, 0.4) is 0 Å². The molecule has 2 nitrogen and oxygen atoms in total. The van der Waals surface area contributed by atoms with Crippen LogP contribution in [0, 0.1) is 0 Å². The molecule has 0 bridgehead atoms. The van der Waals surface area contributed by atoms with Crippen LogP contribution in [0.4, 0.5) is 0 Å². The molecule has 0 saturated heterocycles. The zero-order valence-corrected chi connectivity index (χ0v) is 12.3. The van der Waals surface area contributed by atoms with Crippen molar-refractivity contribution in [3.05, 3.63) is 77.4 Å². The Morgan fingerprint density at radius 2 is 1.76 bits per heavy atom. The first-order chi connectivity index (χ1) is 10.2. The van der Waals surface area contributed by atoms with Crippen LogP contribution in [0.1, 0.15) is 34.0 Å². The van der Waals surface area contributed by atoms with Crippen LogP contribution >= 0.6 is 12.2 Å². The number of hydrogen-bond acceptors (Lipinski definition) is 3. The normalized spacial score (nSPS) is 12.2. The molecule has 1 atom stereocenters. The second kappa shape index (κ2) is 7.62. The molecule has 0 radical (unpaired) electrons. The lowest BCUT2D eigenvalue weighted by atomic mass is 10.1. The van der Waals surface area contributed by atoms with Crippen molar-refractivity contribution >= 4 is 29.4 Å². The summed E-state index contributed by atoms with van der Waals surface area (Å²) >= 11 is 4.62. The molecule has 0 saturated carbocycles. The molecular weight excluding hydrogens is 280 g/mol. The van der Waals surface area contributed by atoms with E-state index in [1.54, 1.807) is 12.1 Å². The number of Topliss-reactive ketones (excluding diaryl/α,β-unsaturated/α-hetero) is 1. The summed E-state index contributed by atoms with van der Waals surface area (Å²) in [7, 11) is 0. The minimum absolute atomic E-state index is 0.153. The second-order valence-electron chi connectivity index (χ2n) is 4.67. The summed E-state index contributed by atoms with van der Waals surface area (Å²) in [4.78, 5) is 11.4. The van der Waals surface area contributed by atoms with Gasteiger partial charge in [-0.05, 0) is 17.5 Å². The van der Waals surface area contributed by atoms with Gasteiger partial charge in [-0.2, -0.15) is 0 Å². The first-order valence-corrected chi connectivity index (χ1v) is 7.17. The average molecular weight is 296 g/mol. The third-order valence-electron chi connectivity index (χ3n) is 3.16. The van der Waals surface area contributed by atoms with Crippen LogP contribution < -0.4 is 0 Å². The summed E-state index contributed by atoms with van der Waals surface area (Å²) in [6, 6.07) is 16.8. The number of carbonyl (C=O) groups is 1. The predicted molar refractivity (Wildman–Crippen MR) is 89.5 cm³/mol. The van der Waals surface area contributed by atoms with Crippen molar-refractivity contribution in [2.45, 2.75) is 12.5 Å². The van der Waals surface area contributed by atoms with Gasteiger partial charge in [0, 0.05) is 10.9 Å². The molecule has 2 rings (SSSR count). The summed E-state index contributed by atoms with van der Waals surface area (Å²) in [5, 5.41) is 11.2. The van der Waals surface area contributed by atoms with Gasteiger partial charge in [0.15, 0.2) is 5.78 Å². The molecule has 1 N–H and O–H groups in total. The molecule has 0 aromatic heterocycles. The molecule has 106 valence electrons. The zero-order valence-electron chi connectivity index (χ0n) is 11.5. The zero-order chi connectivity index (χ0) is 15.1. The fourth-order valence-corrected chi connectivity index (χ4v) is 2.11. The second-order valence-corrected chi connectivity index (χ2v) is 4.90. The van der Waals surface area contributed by atoms with E-state index in [9.17, 15) is 9.90 Å². The fraction of sp³-hybridized carbons (Fsp3) is 0.111. The topological polar surface area (TPSA) is 37.3 Å². The minimum Gasteiger partial charge on any atom is -0.388 e. The van der Waals surface area contributed by atoms with E-state index in [4.69, 9.17) is 0 Å². The van der Waals surface area contributed by atoms with E-state index in [2.05, 4.69) is 12.2 Å². The van der Waals surface area contributed by atoms with Gasteiger partial charge >= 0.3 is 0 Å². The molecule has 0 aliphatic carbocycles. The molecule has 0 amide bonds. The molecule has 0 spiro atoms. The molecule has 2 aromatic rings. The number of aliphatic hydroxyl groups is 1. The Bertz CT molecular complexity index is 630. The van der Waals surface area contributed by atoms with Crippen molar-refractivity contribution in [2.75, 3.05) is 0 Å². The van der Waals surface area contributed by atoms with Crippen molar-refractivity contribution in [2.24, 2.45) is 0 Å². The molecule has 0 fully saturated rings. The molecule has 21 heavy (non-hydrogen) atoms. The van der Waals surface area contributed by atoms with Crippen molar-refractivity contribution in [1.82, 2.24) is 0 Å². The molecule has 0 aliphatic rings. The number of thiocarbonyl (C=S) groups is 1. The smallest absolute Gasteiger partial charge is 0.196 e. The fourth-order valence-electron chi connectivity index (χ4n) is 1.97. The lowest BCUT2D eigenvalue weighted by Gasteiger charge is -2.07. The lowest BCUT2D eigenvalue weighted by Crippen LogP contribution is -1.97. The number of benzene rings is 2. The van der Waals surface area contributed by atoms with Crippen LogP contribution in [0.15, 0.2) is 60.7 Å². The number of hydrogen-bond donors (Lipinski definition) is 1. The van der Waals surface area contributed by atoms with Gasteiger partial charge in [0.1, 0.15) is 0 Å². The van der Waals surface area contributed by atoms with Gasteiger partial charge in [0.25, 0.3) is 0 Å². The average Bonchev–Trinajstić information content (AvgIpc) is 2.55. The first kappa shape index (κ1) is 15.3. The maximum absolute atomic E-state index is 11.4. The summed E-state index contributed by atoms with van der Waals surface area (Å²) in [6.45, 7) is 0. The Labute approximate surface area is 129 Å². The highest BCUT2D eigenvalue weighted by Crippen LogP contribution is 2.17. The summed E-state index contributed by atoms with van der Waals surface area (Å²) in [6.07, 6.45) is 3.90. The quantitative estimate of drug-likeness (QED) is 0.646. The van der Waals surface area contributed by atoms with Crippen LogP contribution in [-0.4, -0.2) is 16.3 Å². The van der Waals surface area contributed by atoms with Crippen LogP contribution in [0.5, 0.6) is 0 Å². The highest BCUT2D eigenvalue weighted by Gasteiger charge is 2.04. The molecule has 2 aromatic carbocycles. The SMILES string of the molecule is O=C(C=S)c1ccc(/C=C\CC(O)c2ccccc2)cc1. The maximum atomic E-state index is 11.4. The largest absolute Gasteiger partial charge is 0.388 e. The lowest BCUT2D eigenvalue weighted by molar-refractivity contribution is 0.107. The van der Waals surface area contributed by atoms with E-state index in [1.165, 1.54) is 0 Å². The van der Waals surface area contributed by atoms with E-state index in [1.807, 2.05) is 54.6 Å². The molecule has 1 unspecified atom stereocenters. The Morgan fingerprint density at radius 3 is 2.38 bits per heavy atom. The number of rotatable bonds is 6. The van der Waals surface area contributed by atoms with Crippen LogP contribution in [0.25, 0.3) is 6.08 Å². The third-order valence-corrected chi connectivity index (χ3v) is 3.37. The van der Waals surface area contributed by atoms with Crippen molar-refractivity contribution in [1.29, 1.82) is 0 Å². The monoisotopic (exact) mass is 296 g/mol. The van der Waals surface area contributed by atoms with Crippen molar-refractivity contribution in [3.8, 4) is 0 Å². The van der Waals surface area contributed by atoms with E-state index >= 15 is 0 Å². The summed E-state index contributed by atoms with van der Waals surface area (Å²) in [5.41, 5.74) is 2.48. The standard InChI is InChI=1S/C18H16O2S/c19-17(15-6-2-1-3-7-15)8-4-5-14-9-11-16(12-10-14)18(20)13-21/h1-7,9-13,17,19H,8H2/b5-4-. The Balaban J connectivity index is 1.95. The van der Waals surface area contributed by atoms with Gasteiger partial charge in [-0.15, -0.1) is 0 Å². The van der Waals surface area contributed by atoms with Crippen LogP contribution in [-0.2, 0) is 0 Å². The van der Waals surface area contributed by atoms with E-state index < -0.39 is 6.10 Å². The van der Waals surface area contributed by atoms with Gasteiger partial charge < -0.3 is 5.11 Å². The molecular formula is C18H16O2S. The van der Waals surface area contributed by atoms with E-state index in [-0.39, 0.29) is 5.78 Å². The van der Waals surface area contributed by atoms with Crippen molar-refractivity contribution < 1.29 is 9.90 Å². The van der Waals surface area contributed by atoms with E-state index in [0.29, 0.717) is 12.0 Å². The first-order valence-electron chi connectivity index (χ1n) is 6.70. The molecule has 3 heteroatoms. The van der Waals surface area contributed by atoms with Gasteiger partial charge in [0.2, 0.25) is 0 Å². The number of aliphatic hydroxyl groups excluding tert-OH is 1. The van der Waals surface area contributed by atoms with Gasteiger partial charge in [-0.25, -0.2) is 0 Å². The molecule has 0 heterocycles. The highest BCUT2D eigenvalue weighted by atomic mass is 32.1. The minimum atomic E-state index is -0.502. The predicted octanol–water partition coefficient (Wildman–Crippen LogP) is 4.01. The highest BCUT2D eigenvalue weighted by molar-refractivity contribution is 7.80. The Hall–Kier alpha value is -2.10. The van der Waals surface area contributed by atoms with Gasteiger partial charge in [0.05, 0.1) is 6.10 Å². The molecule has 0 aliphatic heterocycles.